The number of hydrogen-bond acceptors (Lipinski definition) is 4. The molecule has 2 aromatic carbocycles. The summed E-state index contributed by atoms with van der Waals surface area (Å²) in [5, 5.41) is 0.881. The Morgan fingerprint density at radius 1 is 1.07 bits per heavy atom. The third kappa shape index (κ3) is 3.65. The number of aromatic nitrogens is 1. The van der Waals surface area contributed by atoms with E-state index in [1.807, 2.05) is 53.4 Å². The van der Waals surface area contributed by atoms with Gasteiger partial charge >= 0.3 is 0 Å². The number of likely N-dealkylation sites (tertiary alicyclic amines) is 1. The second-order valence-electron chi connectivity index (χ2n) is 7.48. The van der Waals surface area contributed by atoms with Gasteiger partial charge in [0, 0.05) is 29.6 Å². The number of fused-ring (bicyclic) bond motifs is 1. The summed E-state index contributed by atoms with van der Waals surface area (Å²) in [6.45, 7) is 2.94. The van der Waals surface area contributed by atoms with Crippen molar-refractivity contribution in [2.24, 2.45) is 0 Å². The fourth-order valence-electron chi connectivity index (χ4n) is 4.05. The van der Waals surface area contributed by atoms with E-state index in [9.17, 15) is 4.79 Å². The molecule has 1 amide bonds. The normalized spacial score (nSPS) is 16.7. The Morgan fingerprint density at radius 3 is 2.66 bits per heavy atom. The van der Waals surface area contributed by atoms with Crippen LogP contribution in [0.1, 0.15) is 36.5 Å². The molecule has 0 spiro atoms. The van der Waals surface area contributed by atoms with Crippen LogP contribution in [0, 0.1) is 0 Å². The highest BCUT2D eigenvalue weighted by molar-refractivity contribution is 6.07. The lowest BCUT2D eigenvalue weighted by Gasteiger charge is -2.33. The molecule has 1 aliphatic rings. The Labute approximate surface area is 171 Å². The Kier molecular flexibility index (Phi) is 5.38. The molecule has 5 heteroatoms. The van der Waals surface area contributed by atoms with Gasteiger partial charge in [0.2, 0.25) is 0 Å². The van der Waals surface area contributed by atoms with E-state index in [1.165, 1.54) is 6.42 Å². The first-order chi connectivity index (χ1) is 14.1. The molecule has 1 fully saturated rings. The standard InChI is InChI=1S/C24H26N2O3/c1-16-8-6-7-13-26(16)24(27)20-15-22(25-21-10-5-4-9-18(20)21)19-12-11-17(28-2)14-23(19)29-3/h4-5,9-12,14-16H,6-8,13H2,1-3H3. The van der Waals surface area contributed by atoms with Crippen LogP contribution in [0.4, 0.5) is 0 Å². The van der Waals surface area contributed by atoms with Crippen LogP contribution in [0.25, 0.3) is 22.2 Å². The molecule has 29 heavy (non-hydrogen) atoms. The molecular formula is C24H26N2O3. The second kappa shape index (κ2) is 8.11. The molecule has 0 N–H and O–H groups in total. The van der Waals surface area contributed by atoms with Gasteiger partial charge in [-0.2, -0.15) is 0 Å². The van der Waals surface area contributed by atoms with Crippen molar-refractivity contribution in [1.29, 1.82) is 0 Å². The van der Waals surface area contributed by atoms with Gasteiger partial charge in [-0.05, 0) is 50.5 Å². The number of pyridine rings is 1. The monoisotopic (exact) mass is 390 g/mol. The largest absolute Gasteiger partial charge is 0.497 e. The Morgan fingerprint density at radius 2 is 1.90 bits per heavy atom. The summed E-state index contributed by atoms with van der Waals surface area (Å²) < 4.78 is 10.9. The summed E-state index contributed by atoms with van der Waals surface area (Å²) in [6.07, 6.45) is 3.28. The van der Waals surface area contributed by atoms with Crippen LogP contribution in [-0.4, -0.2) is 42.6 Å². The fraction of sp³-hybridized carbons (Fsp3) is 0.333. The van der Waals surface area contributed by atoms with Crippen molar-refractivity contribution in [2.75, 3.05) is 20.8 Å². The van der Waals surface area contributed by atoms with Crippen molar-refractivity contribution in [2.45, 2.75) is 32.2 Å². The number of nitrogens with zero attached hydrogens (tertiary/aromatic N) is 2. The van der Waals surface area contributed by atoms with E-state index in [0.29, 0.717) is 17.1 Å². The lowest BCUT2D eigenvalue weighted by Crippen LogP contribution is -2.42. The van der Waals surface area contributed by atoms with Crippen LogP contribution in [0.5, 0.6) is 11.5 Å². The van der Waals surface area contributed by atoms with Gasteiger partial charge in [-0.3, -0.25) is 4.79 Å². The van der Waals surface area contributed by atoms with Crippen molar-refractivity contribution in [3.63, 3.8) is 0 Å². The quantitative estimate of drug-likeness (QED) is 0.634. The summed E-state index contributed by atoms with van der Waals surface area (Å²) in [7, 11) is 3.25. The number of ether oxygens (including phenoxy) is 2. The van der Waals surface area contributed by atoms with E-state index >= 15 is 0 Å². The van der Waals surface area contributed by atoms with Crippen molar-refractivity contribution in [3.8, 4) is 22.8 Å². The predicted molar refractivity (Wildman–Crippen MR) is 115 cm³/mol. The molecule has 0 bridgehead atoms. The first kappa shape index (κ1) is 19.2. The molecule has 4 rings (SSSR count). The van der Waals surface area contributed by atoms with Gasteiger partial charge < -0.3 is 14.4 Å². The highest BCUT2D eigenvalue weighted by Crippen LogP contribution is 2.35. The smallest absolute Gasteiger partial charge is 0.254 e. The first-order valence-electron chi connectivity index (χ1n) is 10.1. The van der Waals surface area contributed by atoms with Crippen LogP contribution >= 0.6 is 0 Å². The van der Waals surface area contributed by atoms with E-state index < -0.39 is 0 Å². The van der Waals surface area contributed by atoms with Crippen molar-refractivity contribution >= 4 is 16.8 Å². The van der Waals surface area contributed by atoms with E-state index in [1.54, 1.807) is 14.2 Å². The number of carbonyl (C=O) groups excluding carboxylic acids is 1. The van der Waals surface area contributed by atoms with Gasteiger partial charge in [0.15, 0.2) is 0 Å². The maximum Gasteiger partial charge on any atom is 0.254 e. The van der Waals surface area contributed by atoms with E-state index in [2.05, 4.69) is 6.92 Å². The zero-order chi connectivity index (χ0) is 20.4. The summed E-state index contributed by atoms with van der Waals surface area (Å²) in [5.41, 5.74) is 3.05. The van der Waals surface area contributed by atoms with Gasteiger partial charge in [-0.1, -0.05) is 18.2 Å². The molecule has 1 aliphatic heterocycles. The average molecular weight is 390 g/mol. The zero-order valence-electron chi connectivity index (χ0n) is 17.1. The van der Waals surface area contributed by atoms with E-state index in [-0.39, 0.29) is 11.9 Å². The van der Waals surface area contributed by atoms with Crippen molar-refractivity contribution in [1.82, 2.24) is 9.88 Å². The molecule has 2 heterocycles. The predicted octanol–water partition coefficient (Wildman–Crippen LogP) is 4.93. The van der Waals surface area contributed by atoms with Gasteiger partial charge in [0.1, 0.15) is 11.5 Å². The van der Waals surface area contributed by atoms with Gasteiger partial charge in [-0.15, -0.1) is 0 Å². The number of amides is 1. The van der Waals surface area contributed by atoms with Gasteiger partial charge in [-0.25, -0.2) is 4.98 Å². The Balaban J connectivity index is 1.86. The number of methoxy groups -OCH3 is 2. The second-order valence-corrected chi connectivity index (χ2v) is 7.48. The Bertz CT molecular complexity index is 1050. The minimum Gasteiger partial charge on any atom is -0.497 e. The third-order valence-electron chi connectivity index (χ3n) is 5.70. The minimum absolute atomic E-state index is 0.0736. The van der Waals surface area contributed by atoms with Gasteiger partial charge in [0.05, 0.1) is 31.0 Å². The number of para-hydroxylation sites is 1. The van der Waals surface area contributed by atoms with Crippen molar-refractivity contribution < 1.29 is 14.3 Å². The average Bonchev–Trinajstić information content (AvgIpc) is 2.77. The highest BCUT2D eigenvalue weighted by atomic mass is 16.5. The number of carbonyl (C=O) groups is 1. The summed E-state index contributed by atoms with van der Waals surface area (Å²) in [6, 6.07) is 15.6. The minimum atomic E-state index is 0.0736. The molecule has 3 aromatic rings. The number of hydrogen-bond donors (Lipinski definition) is 0. The fourth-order valence-corrected chi connectivity index (χ4v) is 4.05. The van der Waals surface area contributed by atoms with Crippen LogP contribution in [0.15, 0.2) is 48.5 Å². The lowest BCUT2D eigenvalue weighted by molar-refractivity contribution is 0.0637. The molecular weight excluding hydrogens is 364 g/mol. The van der Waals surface area contributed by atoms with Crippen LogP contribution in [-0.2, 0) is 0 Å². The molecule has 1 aromatic heterocycles. The molecule has 0 aliphatic carbocycles. The summed E-state index contributed by atoms with van der Waals surface area (Å²) in [5.74, 6) is 1.45. The van der Waals surface area contributed by atoms with E-state index in [4.69, 9.17) is 14.5 Å². The number of rotatable bonds is 4. The maximum absolute atomic E-state index is 13.5. The molecule has 1 saturated heterocycles. The van der Waals surface area contributed by atoms with Crippen LogP contribution in [0.3, 0.4) is 0 Å². The zero-order valence-corrected chi connectivity index (χ0v) is 17.1. The first-order valence-corrected chi connectivity index (χ1v) is 10.1. The summed E-state index contributed by atoms with van der Waals surface area (Å²) in [4.78, 5) is 20.3. The summed E-state index contributed by atoms with van der Waals surface area (Å²) >= 11 is 0. The molecule has 0 saturated carbocycles. The topological polar surface area (TPSA) is 51.7 Å². The van der Waals surface area contributed by atoms with E-state index in [0.717, 1.165) is 41.5 Å². The van der Waals surface area contributed by atoms with Crippen LogP contribution < -0.4 is 9.47 Å². The molecule has 0 radical (unpaired) electrons. The Hall–Kier alpha value is -3.08. The lowest BCUT2D eigenvalue weighted by atomic mass is 9.99. The maximum atomic E-state index is 13.5. The van der Waals surface area contributed by atoms with Crippen molar-refractivity contribution in [3.05, 3.63) is 54.1 Å². The third-order valence-corrected chi connectivity index (χ3v) is 5.70. The van der Waals surface area contributed by atoms with Gasteiger partial charge in [0.25, 0.3) is 5.91 Å². The highest BCUT2D eigenvalue weighted by Gasteiger charge is 2.26. The molecule has 150 valence electrons. The number of benzene rings is 2. The SMILES string of the molecule is COc1ccc(-c2cc(C(=O)N3CCCCC3C)c3ccccc3n2)c(OC)c1. The van der Waals surface area contributed by atoms with Crippen LogP contribution in [0.2, 0.25) is 0 Å². The molecule has 1 unspecified atom stereocenters. The molecule has 1 atom stereocenters. The number of piperidine rings is 1. The molecule has 5 nitrogen and oxygen atoms in total.